The van der Waals surface area contributed by atoms with Crippen molar-refractivity contribution in [2.45, 2.75) is 9.79 Å². The summed E-state index contributed by atoms with van der Waals surface area (Å²) in [4.78, 5) is 3.73. The average molecular weight is 756 g/mol. The Bertz CT molecular complexity index is 1120. The Labute approximate surface area is 279 Å². The molecule has 0 aliphatic carbocycles. The standard InChI is InChI=1S/C16H13N3O6S4.2CH3.H2N.2Na.Pt/c17-16(27)19-13-6-4-11(15(8-13)29(21,22)23)2-1-10-3-5-12(18-9-26)7-14(10)28-25-24-20;;;;;;/h1-8H,(H5,17,19,20,21,22,23,27);2*1H3;1H2;;;/q;3*-1;2*+1;+4/p-3/b2-1+;;;;;;. The van der Waals surface area contributed by atoms with Crippen LogP contribution < -0.4 is 69.7 Å². The fourth-order valence-corrected chi connectivity index (χ4v) is 3.60. The second-order valence-corrected chi connectivity index (χ2v) is 7.82. The topological polar surface area (TPSA) is 180 Å². The fraction of sp³-hybridized carbons (Fsp3) is 0. The van der Waals surface area contributed by atoms with Gasteiger partial charge in [-0.2, -0.15) is 9.33 Å². The van der Waals surface area contributed by atoms with Crippen LogP contribution in [-0.4, -0.2) is 23.2 Å². The monoisotopic (exact) mass is 755 g/mol. The summed E-state index contributed by atoms with van der Waals surface area (Å²) in [6, 6.07) is 8.69. The fourth-order valence-electron chi connectivity index (χ4n) is 2.18. The number of anilines is 1. The first-order chi connectivity index (χ1) is 13.7. The van der Waals surface area contributed by atoms with Gasteiger partial charge in [0.2, 0.25) is 0 Å². The van der Waals surface area contributed by atoms with Crippen LogP contribution in [0.5, 0.6) is 0 Å². The maximum absolute atomic E-state index is 11.6. The molecule has 0 aromatic heterocycles. The Morgan fingerprint density at radius 3 is 2.23 bits per heavy atom. The van der Waals surface area contributed by atoms with Crippen LogP contribution >= 0.6 is 36.5 Å². The van der Waals surface area contributed by atoms with Crippen LogP contribution in [0, 0.1) is 14.9 Å². The van der Waals surface area contributed by atoms with E-state index < -0.39 is 15.0 Å². The minimum atomic E-state index is -4.81. The summed E-state index contributed by atoms with van der Waals surface area (Å²) in [5.74, 6) is 0. The van der Waals surface area contributed by atoms with Crippen molar-refractivity contribution in [2.24, 2.45) is 4.99 Å². The zero-order valence-corrected chi connectivity index (χ0v) is 28.6. The third-order valence-corrected chi connectivity index (χ3v) is 5.05. The van der Waals surface area contributed by atoms with Crippen molar-refractivity contribution >= 4 is 80.4 Å². The molecular weight excluding hydrogens is 738 g/mol. The van der Waals surface area contributed by atoms with E-state index in [9.17, 15) is 18.2 Å². The van der Waals surface area contributed by atoms with Crippen molar-refractivity contribution in [3.8, 4) is 0 Å². The minimum absolute atomic E-state index is 0. The number of hydrogen-bond acceptors (Lipinski definition) is 10. The van der Waals surface area contributed by atoms with Crippen LogP contribution in [0.1, 0.15) is 11.1 Å². The Morgan fingerprint density at radius 1 is 1.14 bits per heavy atom. The number of nitrogens with zero attached hydrogens (tertiary/aromatic N) is 1. The predicted octanol–water partition coefficient (Wildman–Crippen LogP) is -0.902. The molecule has 0 unspecified atom stereocenters. The summed E-state index contributed by atoms with van der Waals surface area (Å²) < 4.78 is 39.2. The van der Waals surface area contributed by atoms with E-state index >= 15 is 0 Å². The number of isothiocyanates is 1. The molecule has 0 aliphatic heterocycles. The molecule has 0 bridgehead atoms. The molecule has 0 spiro atoms. The predicted molar refractivity (Wildman–Crippen MR) is 131 cm³/mol. The van der Waals surface area contributed by atoms with Gasteiger partial charge in [-0.25, -0.2) is 8.42 Å². The molecule has 0 saturated carbocycles. The van der Waals surface area contributed by atoms with Crippen LogP contribution in [0.15, 0.2) is 51.2 Å². The smallest absolute Gasteiger partial charge is 0.744 e. The second kappa shape index (κ2) is 22.4. The Morgan fingerprint density at radius 2 is 1.71 bits per heavy atom. The van der Waals surface area contributed by atoms with Crippen LogP contribution in [0.3, 0.4) is 0 Å². The van der Waals surface area contributed by atoms with Gasteiger partial charge in [0.15, 0.2) is 0 Å². The van der Waals surface area contributed by atoms with Gasteiger partial charge in [-0.3, -0.25) is 5.04 Å². The number of rotatable bonds is 8. The molecule has 35 heavy (non-hydrogen) atoms. The number of benzene rings is 2. The van der Waals surface area contributed by atoms with Gasteiger partial charge >= 0.3 is 80.2 Å². The summed E-state index contributed by atoms with van der Waals surface area (Å²) in [7, 11) is -4.81. The molecule has 17 heteroatoms. The van der Waals surface area contributed by atoms with E-state index in [0.29, 0.717) is 28.2 Å². The summed E-state index contributed by atoms with van der Waals surface area (Å²) in [5.41, 5.74) is 8.49. The summed E-state index contributed by atoms with van der Waals surface area (Å²) >= 11 is 9.74. The van der Waals surface area contributed by atoms with E-state index in [1.165, 1.54) is 30.4 Å². The average Bonchev–Trinajstić information content (AvgIpc) is 2.65. The van der Waals surface area contributed by atoms with Crippen molar-refractivity contribution in [1.29, 1.82) is 0 Å². The normalized spacial score (nSPS) is 9.31. The van der Waals surface area contributed by atoms with Gasteiger partial charge in [0.25, 0.3) is 0 Å². The maximum atomic E-state index is 11.6. The number of hydrogen-bond donors (Lipinski definition) is 1. The Kier molecular flexibility index (Phi) is 29.1. The zero-order chi connectivity index (χ0) is 21.4. The number of thiocarbonyl (C=S) groups is 2. The molecule has 182 valence electrons. The van der Waals surface area contributed by atoms with E-state index in [4.69, 9.17) is 5.73 Å². The first kappa shape index (κ1) is 45.4. The molecule has 2 aromatic carbocycles. The molecule has 0 amide bonds. The van der Waals surface area contributed by atoms with Crippen molar-refractivity contribution in [3.63, 3.8) is 0 Å². The number of aliphatic imine (C=N–C) groups is 1. The van der Waals surface area contributed by atoms with Gasteiger partial charge in [-0.05, 0) is 47.2 Å². The minimum Gasteiger partial charge on any atom is -0.744 e. The van der Waals surface area contributed by atoms with Crippen molar-refractivity contribution in [2.75, 3.05) is 5.32 Å². The third kappa shape index (κ3) is 15.5. The Balaban J connectivity index is -0.000000500. The quantitative estimate of drug-likeness (QED) is 0.0409. The van der Waals surface area contributed by atoms with E-state index in [2.05, 4.69) is 49.3 Å². The summed E-state index contributed by atoms with van der Waals surface area (Å²) in [6.45, 7) is 0. The van der Waals surface area contributed by atoms with Crippen LogP contribution in [0.25, 0.3) is 24.0 Å². The molecular formula is C18H18N4Na2O6PtS4. The molecule has 0 saturated heterocycles. The van der Waals surface area contributed by atoms with E-state index in [0.717, 1.165) is 6.07 Å². The molecule has 0 heterocycles. The van der Waals surface area contributed by atoms with Crippen LogP contribution in [-0.2, 0) is 40.6 Å². The van der Waals surface area contributed by atoms with E-state index in [1.54, 1.807) is 12.1 Å². The van der Waals surface area contributed by atoms with E-state index in [-0.39, 0.29) is 118 Å². The van der Waals surface area contributed by atoms with Gasteiger partial charge in [0.1, 0.15) is 10.1 Å². The molecule has 2 aromatic rings. The number of nitrogens with two attached hydrogens (primary N) is 1. The maximum Gasteiger partial charge on any atom is 4.00 e. The van der Waals surface area contributed by atoms with Crippen molar-refractivity contribution < 1.29 is 108 Å². The Hall–Kier alpha value is 0.458. The number of nitrogens with one attached hydrogen (secondary N) is 2. The third-order valence-electron chi connectivity index (χ3n) is 3.31. The molecule has 10 nitrogen and oxygen atoms in total. The molecule has 0 fully saturated rings. The molecule has 0 aliphatic rings. The van der Waals surface area contributed by atoms with E-state index in [1.807, 2.05) is 0 Å². The van der Waals surface area contributed by atoms with Crippen LogP contribution in [0.4, 0.5) is 11.4 Å². The van der Waals surface area contributed by atoms with Gasteiger partial charge in [0.05, 0.1) is 27.8 Å². The second-order valence-electron chi connectivity index (χ2n) is 5.14. The van der Waals surface area contributed by atoms with Crippen molar-refractivity contribution in [3.05, 3.63) is 74.3 Å². The van der Waals surface area contributed by atoms with Gasteiger partial charge in [-0.15, -0.1) is 0 Å². The first-order valence-corrected chi connectivity index (χ1v) is 10.4. The van der Waals surface area contributed by atoms with Crippen LogP contribution in [0.2, 0.25) is 0 Å². The molecule has 4 N–H and O–H groups in total. The zero-order valence-electron chi connectivity index (χ0n) is 19.0. The molecule has 0 radical (unpaired) electrons. The SMILES string of the molecule is [CH3-].[CH3-].[NH-]C(=S)Nc1ccc(/C=C/c2ccc(N=C=S)cc2SOO[O-])c(S(=O)(=O)[O-])c1.[NH2-].[Na+].[Na+].[Pt+4]. The van der Waals surface area contributed by atoms with Crippen molar-refractivity contribution in [1.82, 2.24) is 0 Å². The van der Waals surface area contributed by atoms with Gasteiger partial charge in [0, 0.05) is 10.0 Å². The summed E-state index contributed by atoms with van der Waals surface area (Å²) in [6.07, 6.45) is 2.90. The molecule has 0 atom stereocenters. The van der Waals surface area contributed by atoms with Gasteiger partial charge in [-0.1, -0.05) is 42.6 Å². The molecule has 2 rings (SSSR count). The first-order valence-electron chi connectivity index (χ1n) is 7.40. The summed E-state index contributed by atoms with van der Waals surface area (Å²) in [5, 5.41) is 17.8. The van der Waals surface area contributed by atoms with Gasteiger partial charge < -0.3 is 41.9 Å². The largest absolute Gasteiger partial charge is 4.00 e.